The summed E-state index contributed by atoms with van der Waals surface area (Å²) in [6.45, 7) is 2.83. The quantitative estimate of drug-likeness (QED) is 0.902. The fourth-order valence-electron chi connectivity index (χ4n) is 2.92. The third-order valence-corrected chi connectivity index (χ3v) is 4.33. The van der Waals surface area contributed by atoms with Crippen molar-refractivity contribution in [3.63, 3.8) is 0 Å². The number of likely N-dealkylation sites (tertiary alicyclic amines) is 1. The third-order valence-electron chi connectivity index (χ3n) is 4.33. The molecular formula is C18H26N2O3. The van der Waals surface area contributed by atoms with Crippen molar-refractivity contribution in [3.8, 4) is 0 Å². The number of hydrogen-bond acceptors (Lipinski definition) is 3. The van der Waals surface area contributed by atoms with Gasteiger partial charge in [0.15, 0.2) is 0 Å². The van der Waals surface area contributed by atoms with Crippen LogP contribution in [0.25, 0.3) is 0 Å². The molecule has 1 fully saturated rings. The maximum Gasteiger partial charge on any atom is 0.254 e. The van der Waals surface area contributed by atoms with Crippen LogP contribution in [-0.4, -0.2) is 59.0 Å². The van der Waals surface area contributed by atoms with Crippen LogP contribution in [0.15, 0.2) is 30.3 Å². The van der Waals surface area contributed by atoms with Gasteiger partial charge in [-0.3, -0.25) is 9.59 Å². The van der Waals surface area contributed by atoms with E-state index in [9.17, 15) is 14.7 Å². The number of nitrogens with zero attached hydrogens (tertiary/aromatic N) is 2. The average Bonchev–Trinajstić information content (AvgIpc) is 2.59. The van der Waals surface area contributed by atoms with Crippen LogP contribution in [0.1, 0.15) is 43.0 Å². The summed E-state index contributed by atoms with van der Waals surface area (Å²) >= 11 is 0. The zero-order valence-electron chi connectivity index (χ0n) is 13.9. The van der Waals surface area contributed by atoms with Gasteiger partial charge in [-0.1, -0.05) is 18.2 Å². The number of piperidine rings is 1. The van der Waals surface area contributed by atoms with Gasteiger partial charge in [-0.25, -0.2) is 0 Å². The van der Waals surface area contributed by atoms with Crippen LogP contribution in [0.4, 0.5) is 0 Å². The summed E-state index contributed by atoms with van der Waals surface area (Å²) in [4.78, 5) is 28.8. The summed E-state index contributed by atoms with van der Waals surface area (Å²) in [5, 5.41) is 9.38. The molecule has 2 unspecified atom stereocenters. The molecule has 0 saturated carbocycles. The number of amides is 2. The molecule has 2 rings (SSSR count). The Hall–Kier alpha value is -1.88. The summed E-state index contributed by atoms with van der Waals surface area (Å²) in [5.74, 6) is -0.109. The smallest absolute Gasteiger partial charge is 0.254 e. The van der Waals surface area contributed by atoms with Crippen LogP contribution in [0, 0.1) is 0 Å². The van der Waals surface area contributed by atoms with Crippen LogP contribution in [0.2, 0.25) is 0 Å². The van der Waals surface area contributed by atoms with Crippen molar-refractivity contribution in [1.29, 1.82) is 0 Å². The highest BCUT2D eigenvalue weighted by molar-refractivity contribution is 5.97. The molecule has 0 spiro atoms. The van der Waals surface area contributed by atoms with Gasteiger partial charge >= 0.3 is 0 Å². The molecule has 1 aromatic carbocycles. The van der Waals surface area contributed by atoms with Gasteiger partial charge in [-0.05, 0) is 44.7 Å². The van der Waals surface area contributed by atoms with Crippen LogP contribution in [-0.2, 0) is 4.79 Å². The van der Waals surface area contributed by atoms with E-state index < -0.39 is 12.1 Å². The lowest BCUT2D eigenvalue weighted by Crippen LogP contribution is -2.52. The van der Waals surface area contributed by atoms with Gasteiger partial charge in [0.05, 0.1) is 6.10 Å². The van der Waals surface area contributed by atoms with Crippen LogP contribution in [0.3, 0.4) is 0 Å². The number of aliphatic hydroxyl groups excluding tert-OH is 1. The first-order valence-electron chi connectivity index (χ1n) is 8.29. The molecule has 1 N–H and O–H groups in total. The molecule has 1 aliphatic heterocycles. The Kier molecular flexibility index (Phi) is 6.16. The van der Waals surface area contributed by atoms with Gasteiger partial charge in [-0.15, -0.1) is 0 Å². The van der Waals surface area contributed by atoms with Crippen molar-refractivity contribution in [3.05, 3.63) is 35.9 Å². The number of hydrogen-bond donors (Lipinski definition) is 1. The molecule has 5 heteroatoms. The van der Waals surface area contributed by atoms with Crippen molar-refractivity contribution in [2.45, 2.75) is 44.8 Å². The summed E-state index contributed by atoms with van der Waals surface area (Å²) in [6, 6.07) is 8.73. The summed E-state index contributed by atoms with van der Waals surface area (Å²) in [7, 11) is 1.74. The number of aliphatic hydroxyl groups is 1. The molecule has 126 valence electrons. The zero-order valence-corrected chi connectivity index (χ0v) is 13.9. The van der Waals surface area contributed by atoms with Crippen molar-refractivity contribution in [2.24, 2.45) is 0 Å². The second-order valence-electron chi connectivity index (χ2n) is 6.27. The maximum atomic E-state index is 12.7. The molecule has 0 bridgehead atoms. The van der Waals surface area contributed by atoms with Gasteiger partial charge in [0.25, 0.3) is 5.91 Å². The summed E-state index contributed by atoms with van der Waals surface area (Å²) < 4.78 is 0. The predicted octanol–water partition coefficient (Wildman–Crippen LogP) is 1.91. The highest BCUT2D eigenvalue weighted by Crippen LogP contribution is 2.21. The van der Waals surface area contributed by atoms with Crippen molar-refractivity contribution >= 4 is 11.8 Å². The van der Waals surface area contributed by atoms with Crippen LogP contribution < -0.4 is 0 Å². The van der Waals surface area contributed by atoms with Gasteiger partial charge in [-0.2, -0.15) is 0 Å². The number of likely N-dealkylation sites (N-methyl/N-ethyl adjacent to an activating group) is 1. The number of carbonyl (C=O) groups excluding carboxylic acids is 2. The van der Waals surface area contributed by atoms with E-state index in [2.05, 4.69) is 0 Å². The van der Waals surface area contributed by atoms with Crippen molar-refractivity contribution < 1.29 is 14.7 Å². The molecule has 1 heterocycles. The summed E-state index contributed by atoms with van der Waals surface area (Å²) in [5.41, 5.74) is 0.624. The minimum absolute atomic E-state index is 0.0327. The van der Waals surface area contributed by atoms with Gasteiger partial charge in [0, 0.05) is 25.7 Å². The minimum atomic E-state index is -0.432. The first-order chi connectivity index (χ1) is 11.0. The SMILES string of the molecule is CC(O)CCN(C)C(=O)C1CCCCN1C(=O)c1ccccc1. The third kappa shape index (κ3) is 4.55. The van der Waals surface area contributed by atoms with Gasteiger partial charge in [0.2, 0.25) is 5.91 Å². The highest BCUT2D eigenvalue weighted by Gasteiger charge is 2.34. The molecule has 0 aliphatic carbocycles. The van der Waals surface area contributed by atoms with E-state index in [0.717, 1.165) is 12.8 Å². The molecule has 0 aromatic heterocycles. The minimum Gasteiger partial charge on any atom is -0.393 e. The molecule has 1 aliphatic rings. The molecule has 5 nitrogen and oxygen atoms in total. The standard InChI is InChI=1S/C18H26N2O3/c1-14(21)11-13-19(2)18(23)16-10-6-7-12-20(16)17(22)15-8-4-3-5-9-15/h3-5,8-9,14,16,21H,6-7,10-13H2,1-2H3. The molecule has 1 saturated heterocycles. The second-order valence-corrected chi connectivity index (χ2v) is 6.27. The maximum absolute atomic E-state index is 12.7. The topological polar surface area (TPSA) is 60.9 Å². The fourth-order valence-corrected chi connectivity index (χ4v) is 2.92. The van der Waals surface area contributed by atoms with E-state index in [-0.39, 0.29) is 11.8 Å². The number of benzene rings is 1. The highest BCUT2D eigenvalue weighted by atomic mass is 16.3. The van der Waals surface area contributed by atoms with E-state index in [1.807, 2.05) is 18.2 Å². The van der Waals surface area contributed by atoms with Crippen molar-refractivity contribution in [2.75, 3.05) is 20.1 Å². The lowest BCUT2D eigenvalue weighted by Gasteiger charge is -2.37. The number of rotatable bonds is 5. The molecule has 2 atom stereocenters. The average molecular weight is 318 g/mol. The van der Waals surface area contributed by atoms with E-state index >= 15 is 0 Å². The Balaban J connectivity index is 2.08. The predicted molar refractivity (Wildman–Crippen MR) is 89.1 cm³/mol. The first kappa shape index (κ1) is 17.5. The van der Waals surface area contributed by atoms with E-state index in [1.165, 1.54) is 0 Å². The molecular weight excluding hydrogens is 292 g/mol. The Bertz CT molecular complexity index is 530. The lowest BCUT2D eigenvalue weighted by atomic mass is 9.99. The van der Waals surface area contributed by atoms with E-state index in [0.29, 0.717) is 31.5 Å². The Morgan fingerprint density at radius 2 is 2.00 bits per heavy atom. The van der Waals surface area contributed by atoms with E-state index in [4.69, 9.17) is 0 Å². The van der Waals surface area contributed by atoms with Crippen LogP contribution in [0.5, 0.6) is 0 Å². The molecule has 2 amide bonds. The zero-order chi connectivity index (χ0) is 16.8. The lowest BCUT2D eigenvalue weighted by molar-refractivity contribution is -0.136. The first-order valence-corrected chi connectivity index (χ1v) is 8.29. The molecule has 0 radical (unpaired) electrons. The fraction of sp³-hybridized carbons (Fsp3) is 0.556. The Morgan fingerprint density at radius 3 is 2.65 bits per heavy atom. The largest absolute Gasteiger partial charge is 0.393 e. The van der Waals surface area contributed by atoms with Crippen molar-refractivity contribution in [1.82, 2.24) is 9.80 Å². The van der Waals surface area contributed by atoms with Crippen LogP contribution >= 0.6 is 0 Å². The molecule has 23 heavy (non-hydrogen) atoms. The number of carbonyl (C=O) groups is 2. The molecule has 1 aromatic rings. The Morgan fingerprint density at radius 1 is 1.30 bits per heavy atom. The second kappa shape index (κ2) is 8.11. The normalized spacial score (nSPS) is 19.3. The Labute approximate surface area is 137 Å². The van der Waals surface area contributed by atoms with Gasteiger partial charge in [0.1, 0.15) is 6.04 Å². The van der Waals surface area contributed by atoms with Gasteiger partial charge < -0.3 is 14.9 Å². The summed E-state index contributed by atoms with van der Waals surface area (Å²) in [6.07, 6.45) is 2.70. The van der Waals surface area contributed by atoms with E-state index in [1.54, 1.807) is 35.9 Å². The monoisotopic (exact) mass is 318 g/mol.